The molecule has 1 aliphatic rings. The molecule has 0 fully saturated rings. The van der Waals surface area contributed by atoms with Gasteiger partial charge in [-0.25, -0.2) is 4.79 Å². The van der Waals surface area contributed by atoms with E-state index in [4.69, 9.17) is 32.7 Å². The summed E-state index contributed by atoms with van der Waals surface area (Å²) >= 11 is 12.9. The third kappa shape index (κ3) is 6.41. The molecule has 1 N–H and O–H groups in total. The Labute approximate surface area is 200 Å². The van der Waals surface area contributed by atoms with Gasteiger partial charge in [0.05, 0.1) is 17.2 Å². The highest BCUT2D eigenvalue weighted by Crippen LogP contribution is 2.40. The Bertz CT molecular complexity index is 971. The molecule has 0 spiro atoms. The summed E-state index contributed by atoms with van der Waals surface area (Å²) < 4.78 is 11.0. The van der Waals surface area contributed by atoms with E-state index < -0.39 is 11.7 Å². The Morgan fingerprint density at radius 3 is 2.53 bits per heavy atom. The van der Waals surface area contributed by atoms with Crippen LogP contribution in [0.5, 0.6) is 5.75 Å². The molecule has 2 aromatic carbocycles. The molecule has 0 radical (unpaired) electrons. The molecule has 1 amide bonds. The van der Waals surface area contributed by atoms with Crippen LogP contribution in [0.2, 0.25) is 10.0 Å². The number of carbonyl (C=O) groups is 1. The number of methoxy groups -OCH3 is 1. The molecule has 0 bridgehead atoms. The second kappa shape index (κ2) is 10.6. The lowest BCUT2D eigenvalue weighted by Crippen LogP contribution is -2.46. The lowest BCUT2D eigenvalue weighted by Gasteiger charge is -2.36. The van der Waals surface area contributed by atoms with Gasteiger partial charge in [0.25, 0.3) is 0 Å². The smallest absolute Gasteiger partial charge is 0.407 e. The molecule has 5 nitrogen and oxygen atoms in total. The predicted molar refractivity (Wildman–Crippen MR) is 130 cm³/mol. The fraction of sp³-hybridized carbons (Fsp3) is 0.400. The first-order valence-electron chi connectivity index (χ1n) is 10.6. The lowest BCUT2D eigenvalue weighted by molar-refractivity contribution is 0.0507. The second-order valence-electron chi connectivity index (χ2n) is 8.83. The fourth-order valence-electron chi connectivity index (χ4n) is 3.75. The minimum absolute atomic E-state index is 0.107. The SMILES string of the molecule is COc1ccc(Cl)c(Cl)c1C1=CCC(CNC(=O)OC(C)(C)C)N(Cc2ccccc2)C1. The van der Waals surface area contributed by atoms with Crippen molar-refractivity contribution in [3.05, 3.63) is 69.7 Å². The Balaban J connectivity index is 1.84. The average Bonchev–Trinajstić information content (AvgIpc) is 2.74. The zero-order valence-electron chi connectivity index (χ0n) is 19.0. The summed E-state index contributed by atoms with van der Waals surface area (Å²) in [6.45, 7) is 7.42. The highest BCUT2D eigenvalue weighted by atomic mass is 35.5. The number of hydrogen-bond acceptors (Lipinski definition) is 4. The van der Waals surface area contributed by atoms with Crippen LogP contribution in [-0.2, 0) is 11.3 Å². The van der Waals surface area contributed by atoms with Crippen molar-refractivity contribution in [2.75, 3.05) is 20.2 Å². The van der Waals surface area contributed by atoms with Gasteiger partial charge in [0.1, 0.15) is 11.4 Å². The second-order valence-corrected chi connectivity index (χ2v) is 9.62. The van der Waals surface area contributed by atoms with Gasteiger partial charge in [-0.1, -0.05) is 59.6 Å². The maximum Gasteiger partial charge on any atom is 0.407 e. The van der Waals surface area contributed by atoms with Crippen molar-refractivity contribution in [1.82, 2.24) is 10.2 Å². The third-order valence-electron chi connectivity index (χ3n) is 5.23. The summed E-state index contributed by atoms with van der Waals surface area (Å²) in [5.41, 5.74) is 2.53. The number of ether oxygens (including phenoxy) is 2. The van der Waals surface area contributed by atoms with E-state index in [9.17, 15) is 4.79 Å². The van der Waals surface area contributed by atoms with E-state index in [1.54, 1.807) is 13.2 Å². The average molecular weight is 477 g/mol. The molecule has 1 atom stereocenters. The third-order valence-corrected chi connectivity index (χ3v) is 6.04. The van der Waals surface area contributed by atoms with Gasteiger partial charge in [-0.15, -0.1) is 0 Å². The summed E-state index contributed by atoms with van der Waals surface area (Å²) in [6, 6.07) is 13.9. The van der Waals surface area contributed by atoms with Gasteiger partial charge in [-0.2, -0.15) is 0 Å². The molecule has 172 valence electrons. The summed E-state index contributed by atoms with van der Waals surface area (Å²) in [7, 11) is 1.63. The van der Waals surface area contributed by atoms with Crippen molar-refractivity contribution < 1.29 is 14.3 Å². The zero-order chi connectivity index (χ0) is 23.3. The molecule has 1 aliphatic heterocycles. The maximum absolute atomic E-state index is 12.2. The van der Waals surface area contributed by atoms with Crippen LogP contribution in [0.15, 0.2) is 48.5 Å². The first kappa shape index (κ1) is 24.4. The van der Waals surface area contributed by atoms with E-state index >= 15 is 0 Å². The van der Waals surface area contributed by atoms with Gasteiger partial charge in [-0.05, 0) is 50.5 Å². The van der Waals surface area contributed by atoms with Crippen LogP contribution in [0.4, 0.5) is 4.79 Å². The quantitative estimate of drug-likeness (QED) is 0.540. The molecule has 3 rings (SSSR count). The van der Waals surface area contributed by atoms with Crippen molar-refractivity contribution in [3.8, 4) is 5.75 Å². The number of carbonyl (C=O) groups excluding carboxylic acids is 1. The van der Waals surface area contributed by atoms with Crippen molar-refractivity contribution >= 4 is 34.9 Å². The first-order valence-corrected chi connectivity index (χ1v) is 11.4. The normalized spacial score (nSPS) is 16.9. The largest absolute Gasteiger partial charge is 0.496 e. The number of nitrogens with zero attached hydrogens (tertiary/aromatic N) is 1. The molecule has 32 heavy (non-hydrogen) atoms. The van der Waals surface area contributed by atoms with E-state index in [0.29, 0.717) is 28.9 Å². The van der Waals surface area contributed by atoms with Crippen molar-refractivity contribution in [2.45, 2.75) is 45.4 Å². The molecule has 0 saturated heterocycles. The van der Waals surface area contributed by atoms with Crippen molar-refractivity contribution in [2.24, 2.45) is 0 Å². The van der Waals surface area contributed by atoms with E-state index in [-0.39, 0.29) is 6.04 Å². The van der Waals surface area contributed by atoms with Crippen LogP contribution < -0.4 is 10.1 Å². The van der Waals surface area contributed by atoms with Gasteiger partial charge in [0.2, 0.25) is 0 Å². The number of alkyl carbamates (subject to hydrolysis) is 1. The summed E-state index contributed by atoms with van der Waals surface area (Å²) in [5, 5.41) is 3.90. The fourth-order valence-corrected chi connectivity index (χ4v) is 4.19. The Morgan fingerprint density at radius 1 is 1.16 bits per heavy atom. The van der Waals surface area contributed by atoms with Crippen LogP contribution in [0, 0.1) is 0 Å². The van der Waals surface area contributed by atoms with Gasteiger partial charge in [-0.3, -0.25) is 4.90 Å². The van der Waals surface area contributed by atoms with Gasteiger partial charge in [0.15, 0.2) is 0 Å². The van der Waals surface area contributed by atoms with Crippen LogP contribution in [0.1, 0.15) is 38.3 Å². The number of amides is 1. The Kier molecular flexibility index (Phi) is 8.10. The number of benzene rings is 2. The number of hydrogen-bond donors (Lipinski definition) is 1. The topological polar surface area (TPSA) is 50.8 Å². The lowest BCUT2D eigenvalue weighted by atomic mass is 9.95. The highest BCUT2D eigenvalue weighted by molar-refractivity contribution is 6.43. The minimum atomic E-state index is -0.534. The van der Waals surface area contributed by atoms with E-state index in [1.165, 1.54) is 5.56 Å². The van der Waals surface area contributed by atoms with E-state index in [2.05, 4.69) is 28.4 Å². The Morgan fingerprint density at radius 2 is 1.88 bits per heavy atom. The van der Waals surface area contributed by atoms with Crippen LogP contribution in [0.25, 0.3) is 5.57 Å². The van der Waals surface area contributed by atoms with Gasteiger partial charge < -0.3 is 14.8 Å². The molecule has 0 saturated carbocycles. The molecule has 7 heteroatoms. The molecule has 2 aromatic rings. The van der Waals surface area contributed by atoms with E-state index in [1.807, 2.05) is 45.0 Å². The predicted octanol–water partition coefficient (Wildman–Crippen LogP) is 6.18. The van der Waals surface area contributed by atoms with Gasteiger partial charge >= 0.3 is 6.09 Å². The summed E-state index contributed by atoms with van der Waals surface area (Å²) in [5.74, 6) is 0.690. The first-order chi connectivity index (χ1) is 15.2. The standard InChI is InChI=1S/C25H30Cl2N2O3/c1-25(2,3)32-24(30)28-14-19-11-10-18(16-29(19)15-17-8-6-5-7-9-17)22-21(31-4)13-12-20(26)23(22)27/h5-10,12-13,19H,11,14-16H2,1-4H3,(H,28,30). The van der Waals surface area contributed by atoms with Crippen LogP contribution in [0.3, 0.4) is 0 Å². The monoisotopic (exact) mass is 476 g/mol. The van der Waals surface area contributed by atoms with Crippen LogP contribution >= 0.6 is 23.2 Å². The van der Waals surface area contributed by atoms with Crippen LogP contribution in [-0.4, -0.2) is 42.8 Å². The summed E-state index contributed by atoms with van der Waals surface area (Å²) in [4.78, 5) is 14.5. The molecular formula is C25H30Cl2N2O3. The number of rotatable bonds is 6. The van der Waals surface area contributed by atoms with Crippen molar-refractivity contribution in [1.29, 1.82) is 0 Å². The number of halogens is 2. The molecule has 1 unspecified atom stereocenters. The van der Waals surface area contributed by atoms with Crippen molar-refractivity contribution in [3.63, 3.8) is 0 Å². The molecular weight excluding hydrogens is 447 g/mol. The molecule has 1 heterocycles. The summed E-state index contributed by atoms with van der Waals surface area (Å²) in [6.07, 6.45) is 2.49. The number of nitrogens with one attached hydrogen (secondary N) is 1. The minimum Gasteiger partial charge on any atom is -0.496 e. The Hall–Kier alpha value is -2.21. The maximum atomic E-state index is 12.2. The molecule has 0 aromatic heterocycles. The van der Waals surface area contributed by atoms with E-state index in [0.717, 1.165) is 24.1 Å². The molecule has 0 aliphatic carbocycles. The highest BCUT2D eigenvalue weighted by Gasteiger charge is 2.28. The zero-order valence-corrected chi connectivity index (χ0v) is 20.5. The van der Waals surface area contributed by atoms with Gasteiger partial charge in [0, 0.05) is 31.2 Å².